The van der Waals surface area contributed by atoms with Gasteiger partial charge < -0.3 is 44.3 Å². The molecule has 14 heteroatoms. The van der Waals surface area contributed by atoms with Gasteiger partial charge in [-0.05, 0) is 0 Å². The second kappa shape index (κ2) is 12.2. The smallest absolute Gasteiger partial charge is 0.423 e. The zero-order valence-electron chi connectivity index (χ0n) is 18.2. The van der Waals surface area contributed by atoms with Gasteiger partial charge >= 0.3 is 26.4 Å². The van der Waals surface area contributed by atoms with Gasteiger partial charge in [-0.25, -0.2) is 0 Å². The summed E-state index contributed by atoms with van der Waals surface area (Å²) in [6.45, 7) is 0. The van der Waals surface area contributed by atoms with Crippen molar-refractivity contribution in [2.45, 2.75) is 23.7 Å². The third kappa shape index (κ3) is 6.75. The first kappa shape index (κ1) is 27.5. The van der Waals surface area contributed by atoms with Gasteiger partial charge in [-0.1, -0.05) is 0 Å². The third-order valence-electron chi connectivity index (χ3n) is 4.85. The van der Waals surface area contributed by atoms with E-state index in [-0.39, 0.29) is 0 Å². The minimum Gasteiger partial charge on any atom is -0.423 e. The summed E-state index contributed by atoms with van der Waals surface area (Å²) in [5.41, 5.74) is -0.872. The lowest BCUT2D eigenvalue weighted by Crippen LogP contribution is -2.60. The van der Waals surface area contributed by atoms with Crippen molar-refractivity contribution in [3.05, 3.63) is 0 Å². The maximum absolute atomic E-state index is 6.14. The van der Waals surface area contributed by atoms with Gasteiger partial charge in [0.15, 0.2) is 0 Å². The summed E-state index contributed by atoms with van der Waals surface area (Å²) in [7, 11) is 5.28. The molecule has 0 amide bonds. The van der Waals surface area contributed by atoms with Crippen LogP contribution in [0.25, 0.3) is 0 Å². The average molecular weight is 465 g/mol. The molecule has 0 N–H and O–H groups in total. The van der Waals surface area contributed by atoms with Gasteiger partial charge in [0.05, 0.1) is 5.60 Å². The lowest BCUT2D eigenvalue weighted by Gasteiger charge is -2.43. The summed E-state index contributed by atoms with van der Waals surface area (Å²) < 4.78 is 56.9. The van der Waals surface area contributed by atoms with Gasteiger partial charge in [0.25, 0.3) is 0 Å². The largest absolute Gasteiger partial charge is 0.503 e. The van der Waals surface area contributed by atoms with Gasteiger partial charge in [-0.2, -0.15) is 0 Å². The molecule has 0 aliphatic rings. The molecule has 0 atom stereocenters. The van der Waals surface area contributed by atoms with Crippen molar-refractivity contribution in [2.24, 2.45) is 0 Å². The van der Waals surface area contributed by atoms with Gasteiger partial charge in [0, 0.05) is 82.1 Å². The van der Waals surface area contributed by atoms with Gasteiger partial charge in [0.2, 0.25) is 0 Å². The topological polar surface area (TPSA) is 92.3 Å². The van der Waals surface area contributed by atoms with E-state index in [9.17, 15) is 0 Å². The molecule has 27 heavy (non-hydrogen) atoms. The molecule has 0 saturated heterocycles. The summed E-state index contributed by atoms with van der Waals surface area (Å²) in [4.78, 5) is 0. The Morgan fingerprint density at radius 2 is 0.667 bits per heavy atom. The molecule has 0 aromatic carbocycles. The highest BCUT2D eigenvalue weighted by atomic mass is 28.4. The second-order valence-electron chi connectivity index (χ2n) is 5.80. The predicted octanol–water partition coefficient (Wildman–Crippen LogP) is -0.343. The van der Waals surface area contributed by atoms with Crippen LogP contribution in [-0.4, -0.2) is 106 Å². The Labute approximate surface area is 169 Å². The summed E-state index contributed by atoms with van der Waals surface area (Å²) in [6, 6.07) is 0.966. The van der Waals surface area contributed by atoms with E-state index in [1.165, 1.54) is 0 Å². The Bertz CT molecular complexity index is 325. The van der Waals surface area contributed by atoms with Crippen LogP contribution in [-0.2, 0) is 44.3 Å². The van der Waals surface area contributed by atoms with E-state index in [0.29, 0.717) is 28.6 Å². The van der Waals surface area contributed by atoms with Crippen LogP contribution in [0.5, 0.6) is 0 Å². The Kier molecular flexibility index (Phi) is 12.4. The van der Waals surface area contributed by atoms with Crippen molar-refractivity contribution in [1.82, 2.24) is 0 Å². The first-order valence-electron chi connectivity index (χ1n) is 8.25. The maximum atomic E-state index is 6.14. The van der Waals surface area contributed by atoms with Crippen molar-refractivity contribution >= 4 is 36.9 Å². The fraction of sp³-hybridized carbons (Fsp3) is 1.00. The Hall–Kier alpha value is 0.468. The predicted molar refractivity (Wildman–Crippen MR) is 109 cm³/mol. The summed E-state index contributed by atoms with van der Waals surface area (Å²) >= 11 is 0. The molecule has 0 aromatic rings. The lowest BCUT2D eigenvalue weighted by atomic mass is 10.2. The van der Waals surface area contributed by atoms with Crippen LogP contribution in [0.4, 0.5) is 0 Å². The quantitative estimate of drug-likeness (QED) is 0.282. The van der Waals surface area contributed by atoms with Gasteiger partial charge in [-0.15, -0.1) is 0 Å². The van der Waals surface area contributed by atoms with Crippen LogP contribution in [0.15, 0.2) is 0 Å². The minimum absolute atomic E-state index is 0.322. The monoisotopic (exact) mass is 464 g/mol. The SMILES string of the molecule is CO[Si](CC(C[Si](OC)(OC)OC)(C[Si](OC)(OC)OC)O[SiH3])(OC)OC. The zero-order valence-corrected chi connectivity index (χ0v) is 23.2. The van der Waals surface area contributed by atoms with E-state index in [2.05, 4.69) is 0 Å². The number of rotatable bonds is 16. The van der Waals surface area contributed by atoms with E-state index >= 15 is 0 Å². The van der Waals surface area contributed by atoms with Crippen LogP contribution in [0.1, 0.15) is 0 Å². The second-order valence-corrected chi connectivity index (χ2v) is 15.0. The molecule has 0 fully saturated rings. The molecule has 0 aliphatic heterocycles. The van der Waals surface area contributed by atoms with Crippen molar-refractivity contribution in [1.29, 1.82) is 0 Å². The van der Waals surface area contributed by atoms with E-state index in [1.807, 2.05) is 0 Å². The third-order valence-corrected chi connectivity index (χ3v) is 14.5. The number of hydrogen-bond acceptors (Lipinski definition) is 10. The summed E-state index contributed by atoms with van der Waals surface area (Å²) in [5, 5.41) is 0. The molecule has 0 bridgehead atoms. The van der Waals surface area contributed by atoms with E-state index in [1.54, 1.807) is 64.0 Å². The van der Waals surface area contributed by atoms with Gasteiger partial charge in [0.1, 0.15) is 10.5 Å². The molecular weight excluding hydrogens is 428 g/mol. The molecule has 0 unspecified atom stereocenters. The standard InChI is InChI=1S/C13H36O10Si4/c1-14-25(15-2,16-3)10-13(23-24,11-26(17-4,18-5)19-6)12-27(20-7,21-8)22-9/h10-12H2,1-9,24H3. The molecule has 0 saturated carbocycles. The minimum atomic E-state index is -3.04. The summed E-state index contributed by atoms with van der Waals surface area (Å²) in [5.74, 6) is 0. The maximum Gasteiger partial charge on any atom is 0.503 e. The fourth-order valence-electron chi connectivity index (χ4n) is 2.99. The van der Waals surface area contributed by atoms with Crippen LogP contribution in [0.3, 0.4) is 0 Å². The number of hydrogen-bond donors (Lipinski definition) is 0. The van der Waals surface area contributed by atoms with Crippen LogP contribution in [0.2, 0.25) is 18.1 Å². The van der Waals surface area contributed by atoms with Crippen LogP contribution < -0.4 is 0 Å². The highest BCUT2D eigenvalue weighted by Gasteiger charge is 2.59. The van der Waals surface area contributed by atoms with Crippen LogP contribution >= 0.6 is 0 Å². The summed E-state index contributed by atoms with van der Waals surface area (Å²) in [6.07, 6.45) is 0. The lowest BCUT2D eigenvalue weighted by molar-refractivity contribution is 0.0342. The van der Waals surface area contributed by atoms with E-state index in [0.717, 1.165) is 0 Å². The molecule has 164 valence electrons. The van der Waals surface area contributed by atoms with E-state index < -0.39 is 32.0 Å². The Balaban J connectivity index is 6.23. The van der Waals surface area contributed by atoms with Gasteiger partial charge in [-0.3, -0.25) is 0 Å². The molecular formula is C13H36O10Si4. The van der Waals surface area contributed by atoms with Crippen molar-refractivity contribution < 1.29 is 44.3 Å². The highest BCUT2D eigenvalue weighted by Crippen LogP contribution is 2.40. The average Bonchev–Trinajstić information content (AvgIpc) is 2.74. The zero-order chi connectivity index (χ0) is 21.2. The molecule has 0 radical (unpaired) electrons. The molecule has 0 spiro atoms. The van der Waals surface area contributed by atoms with Crippen LogP contribution in [0, 0.1) is 0 Å². The molecule has 10 nitrogen and oxygen atoms in total. The highest BCUT2D eigenvalue weighted by molar-refractivity contribution is 6.65. The Morgan fingerprint density at radius 3 is 0.778 bits per heavy atom. The fourth-order valence-corrected chi connectivity index (χ4v) is 11.4. The van der Waals surface area contributed by atoms with E-state index in [4.69, 9.17) is 44.3 Å². The molecule has 0 heterocycles. The normalized spacial score (nSPS) is 14.1. The molecule has 0 aliphatic carbocycles. The van der Waals surface area contributed by atoms with Crippen molar-refractivity contribution in [3.63, 3.8) is 0 Å². The Morgan fingerprint density at radius 1 is 0.481 bits per heavy atom. The van der Waals surface area contributed by atoms with Crippen molar-refractivity contribution in [3.8, 4) is 0 Å². The molecule has 0 rings (SSSR count). The first-order valence-corrected chi connectivity index (χ1v) is 14.9. The molecule has 0 aromatic heterocycles. The van der Waals surface area contributed by atoms with Crippen molar-refractivity contribution in [2.75, 3.05) is 64.0 Å². The first-order chi connectivity index (χ1) is 12.7.